The van der Waals surface area contributed by atoms with E-state index < -0.39 is 5.41 Å². The van der Waals surface area contributed by atoms with E-state index in [4.69, 9.17) is 9.72 Å². The Morgan fingerprint density at radius 3 is 1.83 bits per heavy atom. The predicted molar refractivity (Wildman–Crippen MR) is 281 cm³/mol. The van der Waals surface area contributed by atoms with Crippen molar-refractivity contribution in [1.82, 2.24) is 18.7 Å². The molecule has 1 aliphatic heterocycles. The van der Waals surface area contributed by atoms with Gasteiger partial charge in [0.25, 0.3) is 0 Å². The van der Waals surface area contributed by atoms with Crippen molar-refractivity contribution in [1.29, 1.82) is 0 Å². The minimum absolute atomic E-state index is 0.0186. The van der Waals surface area contributed by atoms with Crippen LogP contribution in [0.2, 0.25) is 0 Å². The van der Waals surface area contributed by atoms with E-state index in [1.165, 1.54) is 54.3 Å². The maximum atomic E-state index is 6.81. The van der Waals surface area contributed by atoms with E-state index in [1.807, 2.05) is 42.2 Å². The standard InChI is InChI=1S/C63H48N4OS.Pt/c1-61(2,3)40-32-41(62(4,5)6)34-43(33-40)66-39-65(54-24-11-12-25-55(54)66)42-18-17-19-44(35-42)68-45-29-30-47-49-37-48-46-20-7-8-21-50(46)63(51-22-9-13-26-58(51)69-59-27-14-10-23-52(59)63)53(48)38-57(49)67(56(47)36-45)60-28-15-16-31-64-60;/h7-34,37-38H,1-6H3;/q-2;. The molecule has 0 saturated carbocycles. The van der Waals surface area contributed by atoms with Crippen LogP contribution in [-0.4, -0.2) is 18.7 Å². The molecule has 7 heteroatoms. The van der Waals surface area contributed by atoms with Gasteiger partial charge in [-0.25, -0.2) is 0 Å². The third kappa shape index (κ3) is 6.49. The van der Waals surface area contributed by atoms with E-state index in [0.29, 0.717) is 11.5 Å². The summed E-state index contributed by atoms with van der Waals surface area (Å²) in [6.45, 7) is 13.7. The van der Waals surface area contributed by atoms with Crippen LogP contribution < -0.4 is 4.74 Å². The second-order valence-electron chi connectivity index (χ2n) is 20.6. The summed E-state index contributed by atoms with van der Waals surface area (Å²) in [6, 6.07) is 71.4. The molecule has 344 valence electrons. The monoisotopic (exact) mass is 1100 g/mol. The van der Waals surface area contributed by atoms with Crippen molar-refractivity contribution in [2.75, 3.05) is 0 Å². The number of benzene rings is 8. The van der Waals surface area contributed by atoms with Gasteiger partial charge in [0.15, 0.2) is 0 Å². The first kappa shape index (κ1) is 43.1. The van der Waals surface area contributed by atoms with Crippen molar-refractivity contribution in [3.8, 4) is 39.8 Å². The molecular formula is C63H48N4OPtS-2. The third-order valence-corrected chi connectivity index (χ3v) is 16.5. The van der Waals surface area contributed by atoms with Crippen LogP contribution in [0.25, 0.3) is 61.2 Å². The molecule has 0 amide bonds. The van der Waals surface area contributed by atoms with Crippen molar-refractivity contribution in [3.05, 3.63) is 231 Å². The fourth-order valence-corrected chi connectivity index (χ4v) is 13.3. The van der Waals surface area contributed by atoms with Gasteiger partial charge in [-0.1, -0.05) is 78.5 Å². The summed E-state index contributed by atoms with van der Waals surface area (Å²) in [7, 11) is 0. The zero-order chi connectivity index (χ0) is 47.7. The molecule has 70 heavy (non-hydrogen) atoms. The molecule has 0 atom stereocenters. The number of aromatic nitrogens is 4. The molecule has 1 aliphatic carbocycles. The van der Waals surface area contributed by atoms with Gasteiger partial charge in [-0.3, -0.25) is 0 Å². The first-order valence-electron chi connectivity index (χ1n) is 23.9. The van der Waals surface area contributed by atoms with Crippen molar-refractivity contribution in [2.24, 2.45) is 0 Å². The molecule has 2 aliphatic rings. The fraction of sp³-hybridized carbons (Fsp3) is 0.143. The molecule has 0 unspecified atom stereocenters. The summed E-state index contributed by atoms with van der Waals surface area (Å²) < 4.78 is 14.8. The van der Waals surface area contributed by atoms with E-state index >= 15 is 0 Å². The molecule has 3 aromatic heterocycles. The number of hydrogen-bond donors (Lipinski definition) is 0. The van der Waals surface area contributed by atoms with Crippen LogP contribution in [0.4, 0.5) is 0 Å². The van der Waals surface area contributed by atoms with Crippen LogP contribution in [-0.2, 0) is 35.6 Å². The van der Waals surface area contributed by atoms with Crippen molar-refractivity contribution in [3.63, 3.8) is 0 Å². The van der Waals surface area contributed by atoms with E-state index in [1.54, 1.807) is 0 Å². The summed E-state index contributed by atoms with van der Waals surface area (Å²) in [5.74, 6) is 2.02. The molecule has 5 nitrogen and oxygen atoms in total. The molecule has 1 spiro atoms. The number of rotatable bonds is 5. The topological polar surface area (TPSA) is 36.9 Å². The Morgan fingerprint density at radius 2 is 1.14 bits per heavy atom. The minimum atomic E-state index is -0.503. The summed E-state index contributed by atoms with van der Waals surface area (Å²) in [4.78, 5) is 7.53. The Kier molecular flexibility index (Phi) is 9.70. The maximum absolute atomic E-state index is 6.81. The van der Waals surface area contributed by atoms with Gasteiger partial charge >= 0.3 is 275 Å². The van der Waals surface area contributed by atoms with E-state index in [0.717, 1.165) is 53.8 Å². The zero-order valence-corrected chi connectivity index (χ0v) is 42.8. The van der Waals surface area contributed by atoms with Gasteiger partial charge in [0.1, 0.15) is 0 Å². The number of hydrogen-bond acceptors (Lipinski definition) is 3. The summed E-state index contributed by atoms with van der Waals surface area (Å²) in [5, 5.41) is 2.22. The SMILES string of the molecule is CC(C)(C)c1cc(-n2[c](=[Pt])n(-c3[c-]c(Oc4[c-]c5c(cc4)c4cc6c(cc4n5-c4ccccn4)C4(c5ccccc5Sc5ccccc54)c4ccccc4-6)ccc3)c3ccccc32)cc(C(C)(C)C)c1. The first-order valence-corrected chi connectivity index (χ1v) is 25.8. The Hall–Kier alpha value is -6.98. The first-order chi connectivity index (χ1) is 33.9. The molecule has 8 aromatic carbocycles. The Labute approximate surface area is 423 Å². The Bertz CT molecular complexity index is 3940. The van der Waals surface area contributed by atoms with Crippen LogP contribution in [0.5, 0.6) is 11.5 Å². The molecule has 0 bridgehead atoms. The second-order valence-corrected chi connectivity index (χ2v) is 22.7. The average Bonchev–Trinajstić information content (AvgIpc) is 3.95. The molecule has 0 fully saturated rings. The fourth-order valence-electron chi connectivity index (χ4n) is 11.0. The van der Waals surface area contributed by atoms with Gasteiger partial charge in [-0.15, -0.1) is 0 Å². The van der Waals surface area contributed by atoms with E-state index in [2.05, 4.69) is 238 Å². The number of fused-ring (bicyclic) bond motifs is 13. The number of imidazole rings is 1. The number of nitrogens with zero attached hydrogens (tertiary/aromatic N) is 4. The second kappa shape index (κ2) is 15.8. The molecule has 0 saturated heterocycles. The molecular weight excluding hydrogens is 1060 g/mol. The van der Waals surface area contributed by atoms with Gasteiger partial charge < -0.3 is 0 Å². The van der Waals surface area contributed by atoms with Crippen molar-refractivity contribution >= 4 is 44.6 Å². The van der Waals surface area contributed by atoms with E-state index in [-0.39, 0.29) is 10.8 Å². The quantitative estimate of drug-likeness (QED) is 0.161. The van der Waals surface area contributed by atoms with Gasteiger partial charge in [0, 0.05) is 16.0 Å². The average molecular weight is 1100 g/mol. The molecule has 11 aromatic rings. The number of pyridine rings is 1. The summed E-state index contributed by atoms with van der Waals surface area (Å²) in [5.41, 5.74) is 16.0. The van der Waals surface area contributed by atoms with E-state index in [9.17, 15) is 0 Å². The Morgan fingerprint density at radius 1 is 0.514 bits per heavy atom. The van der Waals surface area contributed by atoms with Crippen LogP contribution in [0.1, 0.15) is 74.9 Å². The van der Waals surface area contributed by atoms with Gasteiger partial charge in [0.05, 0.1) is 5.41 Å². The Balaban J connectivity index is 0.964. The van der Waals surface area contributed by atoms with Gasteiger partial charge in [0.2, 0.25) is 0 Å². The molecule has 0 N–H and O–H groups in total. The van der Waals surface area contributed by atoms with Crippen LogP contribution >= 0.6 is 11.8 Å². The molecule has 13 rings (SSSR count). The zero-order valence-electron chi connectivity index (χ0n) is 39.7. The summed E-state index contributed by atoms with van der Waals surface area (Å²) >= 11 is 4.34. The normalized spacial score (nSPS) is 13.7. The molecule has 4 heterocycles. The number of ether oxygens (including phenoxy) is 1. The number of para-hydroxylation sites is 2. The summed E-state index contributed by atoms with van der Waals surface area (Å²) in [6.07, 6.45) is 1.87. The van der Waals surface area contributed by atoms with Crippen LogP contribution in [0.3, 0.4) is 0 Å². The van der Waals surface area contributed by atoms with Gasteiger partial charge in [-0.05, 0) is 51.6 Å². The van der Waals surface area contributed by atoms with Crippen molar-refractivity contribution < 1.29 is 24.1 Å². The van der Waals surface area contributed by atoms with Crippen molar-refractivity contribution in [2.45, 2.75) is 67.6 Å². The van der Waals surface area contributed by atoms with Gasteiger partial charge in [-0.2, -0.15) is 0 Å². The van der Waals surface area contributed by atoms with Crippen LogP contribution in [0.15, 0.2) is 192 Å². The predicted octanol–water partition coefficient (Wildman–Crippen LogP) is 15.8. The third-order valence-electron chi connectivity index (χ3n) is 14.3. The van der Waals surface area contributed by atoms with Crippen LogP contribution in [0, 0.1) is 15.9 Å². The molecule has 0 radical (unpaired) electrons.